The topological polar surface area (TPSA) is 78.3 Å². The molecule has 6 nitrogen and oxygen atoms in total. The summed E-state index contributed by atoms with van der Waals surface area (Å²) in [4.78, 5) is 12.1. The third-order valence-corrected chi connectivity index (χ3v) is 5.81. The smallest absolute Gasteiger partial charge is 0.360 e. The fraction of sp³-hybridized carbons (Fsp3) is 0.158. The molecule has 0 aliphatic rings. The lowest BCUT2D eigenvalue weighted by atomic mass is 10.1. The number of hydrogen-bond donors (Lipinski definition) is 0. The maximum absolute atomic E-state index is 14.7. The van der Waals surface area contributed by atoms with E-state index in [1.807, 2.05) is 0 Å². The fourth-order valence-corrected chi connectivity index (χ4v) is 4.27. The molecule has 152 valence electrons. The van der Waals surface area contributed by atoms with Gasteiger partial charge in [-0.25, -0.2) is 22.3 Å². The number of aromatic nitrogens is 2. The number of rotatable bonds is 5. The number of carbonyl (C=O) groups excluding carboxylic acids is 1. The minimum Gasteiger partial charge on any atom is -0.461 e. The Balaban J connectivity index is 2.43. The number of sulfone groups is 1. The molecule has 0 fully saturated rings. The van der Waals surface area contributed by atoms with E-state index >= 15 is 0 Å². The molecule has 0 aliphatic heterocycles. The Labute approximate surface area is 180 Å². The molecule has 0 aliphatic carbocycles. The minimum absolute atomic E-state index is 0.0256. The predicted molar refractivity (Wildman–Crippen MR) is 111 cm³/mol. The lowest BCUT2D eigenvalue weighted by Gasteiger charge is -2.11. The monoisotopic (exact) mass is 500 g/mol. The Morgan fingerprint density at radius 1 is 1.24 bits per heavy atom. The van der Waals surface area contributed by atoms with Crippen molar-refractivity contribution in [1.29, 1.82) is 0 Å². The molecule has 0 bridgehead atoms. The Morgan fingerprint density at radius 2 is 1.90 bits per heavy atom. The molecule has 0 unspecified atom stereocenters. The third-order valence-electron chi connectivity index (χ3n) is 3.94. The summed E-state index contributed by atoms with van der Waals surface area (Å²) in [7, 11) is -3.94. The van der Waals surface area contributed by atoms with E-state index < -0.39 is 27.3 Å². The van der Waals surface area contributed by atoms with Gasteiger partial charge < -0.3 is 4.74 Å². The highest BCUT2D eigenvalue weighted by molar-refractivity contribution is 9.10. The number of esters is 1. The van der Waals surface area contributed by atoms with Crippen LogP contribution in [0.2, 0.25) is 5.02 Å². The molecule has 2 aromatic carbocycles. The predicted octanol–water partition coefficient (Wildman–Crippen LogP) is 4.67. The van der Waals surface area contributed by atoms with Crippen molar-refractivity contribution in [2.45, 2.75) is 11.8 Å². The zero-order valence-corrected chi connectivity index (χ0v) is 18.5. The second-order valence-corrected chi connectivity index (χ2v) is 9.34. The summed E-state index contributed by atoms with van der Waals surface area (Å²) >= 11 is 9.13. The van der Waals surface area contributed by atoms with Crippen LogP contribution in [-0.4, -0.2) is 37.0 Å². The van der Waals surface area contributed by atoms with E-state index in [0.29, 0.717) is 15.1 Å². The van der Waals surface area contributed by atoms with Gasteiger partial charge in [-0.2, -0.15) is 5.10 Å². The molecular formula is C19H15BrClFN2O4S. The average molecular weight is 502 g/mol. The Morgan fingerprint density at radius 3 is 2.45 bits per heavy atom. The van der Waals surface area contributed by atoms with E-state index in [4.69, 9.17) is 16.3 Å². The second kappa shape index (κ2) is 8.25. The molecule has 1 heterocycles. The number of benzene rings is 2. The van der Waals surface area contributed by atoms with Gasteiger partial charge in [0.2, 0.25) is 0 Å². The number of carbonyl (C=O) groups is 1. The molecule has 0 N–H and O–H groups in total. The zero-order chi connectivity index (χ0) is 21.3. The molecule has 0 saturated heterocycles. The summed E-state index contributed by atoms with van der Waals surface area (Å²) in [5.74, 6) is -1.58. The van der Waals surface area contributed by atoms with Crippen LogP contribution in [0, 0.1) is 5.82 Å². The van der Waals surface area contributed by atoms with E-state index in [1.165, 1.54) is 12.1 Å². The van der Waals surface area contributed by atoms with E-state index in [2.05, 4.69) is 21.0 Å². The van der Waals surface area contributed by atoms with Crippen LogP contribution < -0.4 is 0 Å². The summed E-state index contributed by atoms with van der Waals surface area (Å²) in [6, 6.07) is 10.5. The van der Waals surface area contributed by atoms with Crippen LogP contribution in [0.15, 0.2) is 51.8 Å². The van der Waals surface area contributed by atoms with Gasteiger partial charge in [-0.05, 0) is 37.3 Å². The first kappa shape index (κ1) is 21.5. The van der Waals surface area contributed by atoms with Gasteiger partial charge in [-0.15, -0.1) is 0 Å². The van der Waals surface area contributed by atoms with Crippen molar-refractivity contribution >= 4 is 43.3 Å². The van der Waals surface area contributed by atoms with Crippen LogP contribution in [-0.2, 0) is 14.6 Å². The van der Waals surface area contributed by atoms with E-state index in [-0.39, 0.29) is 22.9 Å². The Kier molecular flexibility index (Phi) is 6.11. The van der Waals surface area contributed by atoms with Crippen molar-refractivity contribution in [3.63, 3.8) is 0 Å². The van der Waals surface area contributed by atoms with Crippen molar-refractivity contribution in [1.82, 2.24) is 9.78 Å². The van der Waals surface area contributed by atoms with E-state index in [9.17, 15) is 17.6 Å². The molecule has 0 amide bonds. The van der Waals surface area contributed by atoms with Gasteiger partial charge in [0.15, 0.2) is 15.5 Å². The largest absolute Gasteiger partial charge is 0.461 e. The van der Waals surface area contributed by atoms with E-state index in [1.54, 1.807) is 37.3 Å². The maximum atomic E-state index is 14.7. The third kappa shape index (κ3) is 4.36. The summed E-state index contributed by atoms with van der Waals surface area (Å²) in [6.07, 6.45) is 0.953. The van der Waals surface area contributed by atoms with Crippen molar-refractivity contribution in [2.24, 2.45) is 0 Å². The molecule has 0 saturated carbocycles. The molecular weight excluding hydrogens is 487 g/mol. The highest BCUT2D eigenvalue weighted by Crippen LogP contribution is 2.34. The zero-order valence-electron chi connectivity index (χ0n) is 15.3. The number of nitrogens with zero attached hydrogens (tertiary/aromatic N) is 2. The van der Waals surface area contributed by atoms with Gasteiger partial charge >= 0.3 is 5.97 Å². The minimum atomic E-state index is -3.94. The van der Waals surface area contributed by atoms with Gasteiger partial charge in [-0.3, -0.25) is 0 Å². The van der Waals surface area contributed by atoms with Crippen LogP contribution in [0.25, 0.3) is 16.9 Å². The molecule has 0 radical (unpaired) electrons. The van der Waals surface area contributed by atoms with Crippen LogP contribution >= 0.6 is 27.5 Å². The molecule has 0 atom stereocenters. The number of halogens is 3. The van der Waals surface area contributed by atoms with Crippen molar-refractivity contribution in [3.8, 4) is 16.9 Å². The normalized spacial score (nSPS) is 11.5. The summed E-state index contributed by atoms with van der Waals surface area (Å²) in [6.45, 7) is 1.61. The van der Waals surface area contributed by atoms with Crippen LogP contribution in [0.1, 0.15) is 17.4 Å². The van der Waals surface area contributed by atoms with Gasteiger partial charge in [0, 0.05) is 21.3 Å². The van der Waals surface area contributed by atoms with Crippen LogP contribution in [0.3, 0.4) is 0 Å². The first-order valence-corrected chi connectivity index (χ1v) is 11.4. The van der Waals surface area contributed by atoms with Gasteiger partial charge in [0.25, 0.3) is 0 Å². The second-order valence-electron chi connectivity index (χ2n) is 6.03. The number of ether oxygens (including phenoxy) is 1. The lowest BCUT2D eigenvalue weighted by Crippen LogP contribution is -2.11. The highest BCUT2D eigenvalue weighted by atomic mass is 79.9. The summed E-state index contributed by atoms with van der Waals surface area (Å²) < 4.78 is 46.5. The molecule has 10 heteroatoms. The van der Waals surface area contributed by atoms with Gasteiger partial charge in [0.1, 0.15) is 16.4 Å². The van der Waals surface area contributed by atoms with Crippen LogP contribution in [0.4, 0.5) is 4.39 Å². The fourth-order valence-electron chi connectivity index (χ4n) is 2.78. The molecule has 29 heavy (non-hydrogen) atoms. The maximum Gasteiger partial charge on any atom is 0.360 e. The van der Waals surface area contributed by atoms with Crippen molar-refractivity contribution < 1.29 is 22.3 Å². The first-order valence-electron chi connectivity index (χ1n) is 8.35. The van der Waals surface area contributed by atoms with Crippen molar-refractivity contribution in [3.05, 3.63) is 63.5 Å². The highest BCUT2D eigenvalue weighted by Gasteiger charge is 2.32. The summed E-state index contributed by atoms with van der Waals surface area (Å²) in [5, 5.41) is 4.56. The molecule has 3 aromatic rings. The van der Waals surface area contributed by atoms with Gasteiger partial charge in [-0.1, -0.05) is 39.7 Å². The lowest BCUT2D eigenvalue weighted by molar-refractivity contribution is 0.0514. The SMILES string of the molecule is CCOC(=O)c1nn(-c2ccc(Br)cc2F)c(-c2ccc(Cl)cc2)c1S(C)(=O)=O. The Hall–Kier alpha value is -2.23. The number of hydrogen-bond acceptors (Lipinski definition) is 5. The average Bonchev–Trinajstić information content (AvgIpc) is 3.03. The Bertz CT molecular complexity index is 1190. The standard InChI is InChI=1S/C19H15BrClFN2O4S/c1-3-28-19(25)16-18(29(2,26)27)17(11-4-7-13(21)8-5-11)24(23-16)15-9-6-12(20)10-14(15)22/h4-10H,3H2,1-2H3. The summed E-state index contributed by atoms with van der Waals surface area (Å²) in [5.41, 5.74) is -0.0196. The quantitative estimate of drug-likeness (QED) is 0.475. The van der Waals surface area contributed by atoms with Gasteiger partial charge in [0.05, 0.1) is 12.3 Å². The molecule has 0 spiro atoms. The first-order chi connectivity index (χ1) is 13.6. The van der Waals surface area contributed by atoms with Crippen LogP contribution in [0.5, 0.6) is 0 Å². The van der Waals surface area contributed by atoms with E-state index in [0.717, 1.165) is 10.9 Å². The van der Waals surface area contributed by atoms with Crippen molar-refractivity contribution in [2.75, 3.05) is 12.9 Å². The molecule has 1 aromatic heterocycles. The molecule has 3 rings (SSSR count).